The average molecular weight is 496 g/mol. The van der Waals surface area contributed by atoms with Gasteiger partial charge >= 0.3 is 0 Å². The zero-order valence-corrected chi connectivity index (χ0v) is 19.6. The van der Waals surface area contributed by atoms with E-state index >= 15 is 0 Å². The van der Waals surface area contributed by atoms with Crippen LogP contribution in [0.25, 0.3) is 21.8 Å². The normalized spacial score (nSPS) is 18.4. The first-order chi connectivity index (χ1) is 17.4. The lowest BCUT2D eigenvalue weighted by Gasteiger charge is -2.39. The van der Waals surface area contributed by atoms with Gasteiger partial charge in [-0.3, -0.25) is 14.4 Å². The quantitative estimate of drug-likeness (QED) is 0.459. The van der Waals surface area contributed by atoms with Crippen LogP contribution in [-0.2, 0) is 7.05 Å². The molecule has 2 aliphatic heterocycles. The summed E-state index contributed by atoms with van der Waals surface area (Å²) in [6.45, 7) is 3.64. The molecule has 0 spiro atoms. The summed E-state index contributed by atoms with van der Waals surface area (Å²) < 4.78 is 43.0. The number of fused-ring (bicyclic) bond motifs is 3. The summed E-state index contributed by atoms with van der Waals surface area (Å²) in [4.78, 5) is 25.9. The van der Waals surface area contributed by atoms with Gasteiger partial charge in [0.15, 0.2) is 11.6 Å². The molecule has 0 saturated carbocycles. The minimum Gasteiger partial charge on any atom is -0.368 e. The van der Waals surface area contributed by atoms with Crippen LogP contribution in [0.4, 0.5) is 24.5 Å². The molecule has 186 valence electrons. The minimum atomic E-state index is -2.88. The predicted octanol–water partition coefficient (Wildman–Crippen LogP) is 4.13. The second-order valence-corrected chi connectivity index (χ2v) is 9.35. The van der Waals surface area contributed by atoms with Crippen LogP contribution in [0.5, 0.6) is 0 Å². The number of carbonyl (C=O) groups excluding carboxylic acids is 1. The van der Waals surface area contributed by atoms with E-state index in [0.717, 1.165) is 38.3 Å². The number of piperazine rings is 1. The Labute approximate surface area is 204 Å². The van der Waals surface area contributed by atoms with Crippen LogP contribution < -0.4 is 10.2 Å². The SMILES string of the molecule is Cn1cc2cc(NC(=O)c3ccc(N4CCN5CCC[C@@H]5C4)c4cnc(C(F)F)nc34)cc(F)c2n1. The molecule has 2 saturated heterocycles. The molecular formula is C25H24F3N7O. The van der Waals surface area contributed by atoms with E-state index in [1.165, 1.54) is 23.4 Å². The Balaban J connectivity index is 1.38. The molecule has 8 nitrogen and oxygen atoms in total. The molecule has 2 aromatic carbocycles. The molecule has 36 heavy (non-hydrogen) atoms. The van der Waals surface area contributed by atoms with Gasteiger partial charge in [-0.25, -0.2) is 23.1 Å². The highest BCUT2D eigenvalue weighted by atomic mass is 19.3. The third-order valence-corrected chi connectivity index (χ3v) is 7.05. The maximum atomic E-state index is 14.5. The van der Waals surface area contributed by atoms with E-state index in [-0.39, 0.29) is 22.3 Å². The van der Waals surface area contributed by atoms with Gasteiger partial charge in [0.1, 0.15) is 5.52 Å². The summed E-state index contributed by atoms with van der Waals surface area (Å²) in [5, 5.41) is 7.82. The molecule has 11 heteroatoms. The van der Waals surface area contributed by atoms with Gasteiger partial charge in [-0.2, -0.15) is 5.10 Å². The molecule has 6 rings (SSSR count). The van der Waals surface area contributed by atoms with Crippen LogP contribution in [0.2, 0.25) is 0 Å². The first-order valence-electron chi connectivity index (χ1n) is 11.9. The summed E-state index contributed by atoms with van der Waals surface area (Å²) in [5.41, 5.74) is 1.51. The van der Waals surface area contributed by atoms with E-state index in [1.807, 2.05) is 6.07 Å². The zero-order chi connectivity index (χ0) is 25.0. The molecule has 0 aliphatic carbocycles. The van der Waals surface area contributed by atoms with E-state index in [1.54, 1.807) is 25.4 Å². The number of hydrogen-bond donors (Lipinski definition) is 1. The van der Waals surface area contributed by atoms with Crippen LogP contribution in [0.1, 0.15) is 35.4 Å². The standard InChI is InChI=1S/C25H24F3N7O/c1-33-12-14-9-15(10-19(26)21(14)32-33)30-25(36)17-4-5-20(18-11-29-24(23(27)28)31-22(17)18)35-8-7-34-6-2-3-16(34)13-35/h4-5,9-12,16,23H,2-3,6-8,13H2,1H3,(H,30,36)/t16-/m1/s1. The van der Waals surface area contributed by atoms with Gasteiger partial charge in [-0.05, 0) is 43.7 Å². The van der Waals surface area contributed by atoms with Crippen molar-refractivity contribution in [2.75, 3.05) is 36.4 Å². The number of aryl methyl sites for hydroxylation is 1. The van der Waals surface area contributed by atoms with Crippen molar-refractivity contribution in [3.8, 4) is 0 Å². The van der Waals surface area contributed by atoms with Gasteiger partial charge in [-0.1, -0.05) is 0 Å². The Kier molecular flexibility index (Phi) is 5.51. The molecule has 4 aromatic rings. The van der Waals surface area contributed by atoms with Gasteiger partial charge in [0.05, 0.1) is 11.1 Å². The number of hydrogen-bond acceptors (Lipinski definition) is 6. The molecular weight excluding hydrogens is 471 g/mol. The second-order valence-electron chi connectivity index (χ2n) is 9.35. The van der Waals surface area contributed by atoms with Crippen LogP contribution in [0, 0.1) is 5.82 Å². The highest BCUT2D eigenvalue weighted by Gasteiger charge is 2.31. The van der Waals surface area contributed by atoms with Gasteiger partial charge < -0.3 is 10.2 Å². The first-order valence-corrected chi connectivity index (χ1v) is 11.9. The Bertz CT molecular complexity index is 1490. The molecule has 0 unspecified atom stereocenters. The van der Waals surface area contributed by atoms with Crippen LogP contribution in [0.3, 0.4) is 0 Å². The number of carbonyl (C=O) groups is 1. The summed E-state index contributed by atoms with van der Waals surface area (Å²) in [7, 11) is 1.68. The molecule has 1 amide bonds. The number of rotatable bonds is 4. The van der Waals surface area contributed by atoms with Gasteiger partial charge in [0.25, 0.3) is 12.3 Å². The Hall–Kier alpha value is -3.73. The lowest BCUT2D eigenvalue weighted by Crippen LogP contribution is -2.50. The van der Waals surface area contributed by atoms with Gasteiger partial charge in [0, 0.05) is 67.3 Å². The van der Waals surface area contributed by atoms with Crippen molar-refractivity contribution < 1.29 is 18.0 Å². The molecule has 0 bridgehead atoms. The highest BCUT2D eigenvalue weighted by molar-refractivity contribution is 6.14. The van der Waals surface area contributed by atoms with Crippen molar-refractivity contribution in [1.82, 2.24) is 24.6 Å². The van der Waals surface area contributed by atoms with Gasteiger partial charge in [0.2, 0.25) is 0 Å². The van der Waals surface area contributed by atoms with Gasteiger partial charge in [-0.15, -0.1) is 0 Å². The average Bonchev–Trinajstić information content (AvgIpc) is 3.48. The number of amides is 1. The largest absolute Gasteiger partial charge is 0.368 e. The molecule has 2 aliphatic rings. The smallest absolute Gasteiger partial charge is 0.297 e. The van der Waals surface area contributed by atoms with Crippen molar-refractivity contribution in [3.63, 3.8) is 0 Å². The second kappa shape index (κ2) is 8.74. The van der Waals surface area contributed by atoms with E-state index < -0.39 is 24.0 Å². The first kappa shape index (κ1) is 22.7. The third kappa shape index (κ3) is 3.93. The van der Waals surface area contributed by atoms with Crippen molar-refractivity contribution >= 4 is 39.1 Å². The van der Waals surface area contributed by atoms with E-state index in [4.69, 9.17) is 0 Å². The van der Waals surface area contributed by atoms with Crippen molar-refractivity contribution in [2.24, 2.45) is 7.05 Å². The van der Waals surface area contributed by atoms with Crippen LogP contribution in [0.15, 0.2) is 36.7 Å². The van der Waals surface area contributed by atoms with Crippen molar-refractivity contribution in [2.45, 2.75) is 25.3 Å². The number of alkyl halides is 2. The fourth-order valence-corrected chi connectivity index (χ4v) is 5.38. The molecule has 1 N–H and O–H groups in total. The van der Waals surface area contributed by atoms with Crippen molar-refractivity contribution in [1.29, 1.82) is 0 Å². The van der Waals surface area contributed by atoms with E-state index in [2.05, 4.69) is 30.2 Å². The lowest BCUT2D eigenvalue weighted by molar-refractivity contribution is 0.102. The van der Waals surface area contributed by atoms with Crippen LogP contribution in [-0.4, -0.2) is 62.8 Å². The van der Waals surface area contributed by atoms with E-state index in [0.29, 0.717) is 16.8 Å². The Morgan fingerprint density at radius 3 is 2.86 bits per heavy atom. The molecule has 1 atom stereocenters. The summed E-state index contributed by atoms with van der Waals surface area (Å²) in [6, 6.07) is 6.66. The fraction of sp³-hybridized carbons (Fsp3) is 0.360. The number of aromatic nitrogens is 4. The molecule has 0 radical (unpaired) electrons. The molecule has 4 heterocycles. The maximum Gasteiger partial charge on any atom is 0.297 e. The number of anilines is 2. The van der Waals surface area contributed by atoms with Crippen molar-refractivity contribution in [3.05, 3.63) is 53.9 Å². The summed E-state index contributed by atoms with van der Waals surface area (Å²) >= 11 is 0. The monoisotopic (exact) mass is 495 g/mol. The molecule has 2 aromatic heterocycles. The zero-order valence-electron chi connectivity index (χ0n) is 19.6. The number of halogens is 3. The third-order valence-electron chi connectivity index (χ3n) is 7.05. The fourth-order valence-electron chi connectivity index (χ4n) is 5.38. The maximum absolute atomic E-state index is 14.5. The Morgan fingerprint density at radius 1 is 1.17 bits per heavy atom. The lowest BCUT2D eigenvalue weighted by atomic mass is 10.0. The number of benzene rings is 2. The summed E-state index contributed by atoms with van der Waals surface area (Å²) in [6.07, 6.45) is 2.43. The van der Waals surface area contributed by atoms with Crippen LogP contribution >= 0.6 is 0 Å². The summed E-state index contributed by atoms with van der Waals surface area (Å²) in [5.74, 6) is -1.79. The van der Waals surface area contributed by atoms with E-state index in [9.17, 15) is 18.0 Å². The number of nitrogens with one attached hydrogen (secondary N) is 1. The predicted molar refractivity (Wildman–Crippen MR) is 130 cm³/mol. The topological polar surface area (TPSA) is 79.2 Å². The minimum absolute atomic E-state index is 0.115. The highest BCUT2D eigenvalue weighted by Crippen LogP contribution is 2.33. The Morgan fingerprint density at radius 2 is 2.03 bits per heavy atom. The molecule has 2 fully saturated rings. The number of nitrogens with zero attached hydrogens (tertiary/aromatic N) is 6.